The van der Waals surface area contributed by atoms with Crippen molar-refractivity contribution < 1.29 is 17.9 Å². The molecular formula is C14H22N2O4S. The fraction of sp³-hybridized carbons (Fsp3) is 0.571. The zero-order valence-corrected chi connectivity index (χ0v) is 13.2. The minimum absolute atomic E-state index is 0.0629. The second kappa shape index (κ2) is 7.11. The first kappa shape index (κ1) is 16.1. The molecule has 0 unspecified atom stereocenters. The van der Waals surface area contributed by atoms with Crippen LogP contribution in [0, 0.1) is 0 Å². The molecule has 118 valence electrons. The Bertz CT molecular complexity index is 568. The number of hydrogen-bond acceptors (Lipinski definition) is 4. The van der Waals surface area contributed by atoms with Crippen molar-refractivity contribution in [2.24, 2.45) is 0 Å². The first-order valence-corrected chi connectivity index (χ1v) is 8.50. The lowest BCUT2D eigenvalue weighted by atomic mass is 10.2. The van der Waals surface area contributed by atoms with E-state index in [4.69, 9.17) is 9.47 Å². The molecule has 2 rings (SSSR count). The van der Waals surface area contributed by atoms with Crippen LogP contribution < -0.4 is 18.9 Å². The van der Waals surface area contributed by atoms with Crippen LogP contribution >= 0.6 is 0 Å². The van der Waals surface area contributed by atoms with Crippen molar-refractivity contribution in [2.75, 3.05) is 14.2 Å². The Kier molecular flexibility index (Phi) is 5.44. The van der Waals surface area contributed by atoms with Gasteiger partial charge in [-0.2, -0.15) is 17.9 Å². The molecule has 0 aromatic heterocycles. The van der Waals surface area contributed by atoms with Gasteiger partial charge in [0.2, 0.25) is 0 Å². The fourth-order valence-electron chi connectivity index (χ4n) is 2.47. The van der Waals surface area contributed by atoms with Crippen LogP contribution in [0.5, 0.6) is 11.5 Å². The van der Waals surface area contributed by atoms with Crippen LogP contribution in [0.25, 0.3) is 0 Å². The van der Waals surface area contributed by atoms with Crippen LogP contribution in [0.15, 0.2) is 18.2 Å². The van der Waals surface area contributed by atoms with Gasteiger partial charge in [-0.05, 0) is 30.5 Å². The summed E-state index contributed by atoms with van der Waals surface area (Å²) in [4.78, 5) is 0. The molecule has 0 spiro atoms. The summed E-state index contributed by atoms with van der Waals surface area (Å²) in [5.41, 5.74) is 0.810. The topological polar surface area (TPSA) is 76.7 Å². The molecule has 2 N–H and O–H groups in total. The second-order valence-electron chi connectivity index (χ2n) is 5.11. The van der Waals surface area contributed by atoms with Crippen LogP contribution in [-0.4, -0.2) is 28.7 Å². The number of benzene rings is 1. The molecule has 0 radical (unpaired) electrons. The minimum atomic E-state index is -3.47. The number of nitrogens with one attached hydrogen (secondary N) is 2. The van der Waals surface area contributed by atoms with E-state index in [-0.39, 0.29) is 12.6 Å². The van der Waals surface area contributed by atoms with E-state index in [1.807, 2.05) is 0 Å². The Hall–Kier alpha value is -1.31. The zero-order valence-electron chi connectivity index (χ0n) is 12.4. The Balaban J connectivity index is 1.95. The lowest BCUT2D eigenvalue weighted by Crippen LogP contribution is -2.41. The Labute approximate surface area is 126 Å². The molecule has 7 heteroatoms. The molecule has 1 aromatic rings. The Morgan fingerprint density at radius 3 is 2.43 bits per heavy atom. The fourth-order valence-corrected chi connectivity index (χ4v) is 3.59. The smallest absolute Gasteiger partial charge is 0.277 e. The van der Waals surface area contributed by atoms with Gasteiger partial charge < -0.3 is 9.47 Å². The lowest BCUT2D eigenvalue weighted by molar-refractivity contribution is 0.354. The predicted molar refractivity (Wildman–Crippen MR) is 80.7 cm³/mol. The molecular weight excluding hydrogens is 292 g/mol. The predicted octanol–water partition coefficient (Wildman–Crippen LogP) is 1.57. The Morgan fingerprint density at radius 2 is 1.81 bits per heavy atom. The van der Waals surface area contributed by atoms with Crippen LogP contribution in [-0.2, 0) is 16.8 Å². The molecule has 0 saturated heterocycles. The van der Waals surface area contributed by atoms with Gasteiger partial charge in [0.15, 0.2) is 11.5 Å². The maximum atomic E-state index is 12.0. The van der Waals surface area contributed by atoms with Crippen LogP contribution in [0.1, 0.15) is 31.2 Å². The van der Waals surface area contributed by atoms with Crippen LogP contribution in [0.2, 0.25) is 0 Å². The quantitative estimate of drug-likeness (QED) is 0.801. The zero-order chi connectivity index (χ0) is 15.3. The van der Waals surface area contributed by atoms with Gasteiger partial charge in [-0.3, -0.25) is 0 Å². The first-order valence-electron chi connectivity index (χ1n) is 7.02. The SMILES string of the molecule is COc1ccc(CNS(=O)(=O)NC2CCCC2)cc1OC. The van der Waals surface area contributed by atoms with E-state index >= 15 is 0 Å². The van der Waals surface area contributed by atoms with E-state index < -0.39 is 10.2 Å². The normalized spacial score (nSPS) is 16.1. The van der Waals surface area contributed by atoms with Crippen molar-refractivity contribution >= 4 is 10.2 Å². The summed E-state index contributed by atoms with van der Waals surface area (Å²) in [5, 5.41) is 0. The van der Waals surface area contributed by atoms with Gasteiger partial charge in [-0.25, -0.2) is 0 Å². The molecule has 0 atom stereocenters. The summed E-state index contributed by atoms with van der Waals surface area (Å²) >= 11 is 0. The molecule has 1 aliphatic carbocycles. The van der Waals surface area contributed by atoms with Crippen LogP contribution in [0.4, 0.5) is 0 Å². The van der Waals surface area contributed by atoms with Gasteiger partial charge in [-0.15, -0.1) is 0 Å². The van der Waals surface area contributed by atoms with E-state index in [9.17, 15) is 8.42 Å². The van der Waals surface area contributed by atoms with Crippen molar-refractivity contribution in [3.05, 3.63) is 23.8 Å². The summed E-state index contributed by atoms with van der Waals surface area (Å²) in [6, 6.07) is 5.39. The van der Waals surface area contributed by atoms with E-state index in [0.29, 0.717) is 11.5 Å². The van der Waals surface area contributed by atoms with E-state index in [2.05, 4.69) is 9.44 Å². The average molecular weight is 314 g/mol. The summed E-state index contributed by atoms with van der Waals surface area (Å²) in [7, 11) is -0.360. The maximum absolute atomic E-state index is 12.0. The number of methoxy groups -OCH3 is 2. The highest BCUT2D eigenvalue weighted by molar-refractivity contribution is 7.87. The number of rotatable bonds is 7. The van der Waals surface area contributed by atoms with E-state index in [1.54, 1.807) is 32.4 Å². The lowest BCUT2D eigenvalue weighted by Gasteiger charge is -2.14. The van der Waals surface area contributed by atoms with Gasteiger partial charge in [-0.1, -0.05) is 18.9 Å². The molecule has 6 nitrogen and oxygen atoms in total. The van der Waals surface area contributed by atoms with Crippen LogP contribution in [0.3, 0.4) is 0 Å². The molecule has 1 aromatic carbocycles. The monoisotopic (exact) mass is 314 g/mol. The van der Waals surface area contributed by atoms with Crippen molar-refractivity contribution in [1.29, 1.82) is 0 Å². The third-order valence-corrected chi connectivity index (χ3v) is 4.76. The number of hydrogen-bond donors (Lipinski definition) is 2. The van der Waals surface area contributed by atoms with Crippen molar-refractivity contribution in [3.63, 3.8) is 0 Å². The van der Waals surface area contributed by atoms with E-state index in [0.717, 1.165) is 31.2 Å². The van der Waals surface area contributed by atoms with Gasteiger partial charge in [0, 0.05) is 12.6 Å². The summed E-state index contributed by atoms with van der Waals surface area (Å²) < 4.78 is 39.5. The van der Waals surface area contributed by atoms with Gasteiger partial charge in [0.05, 0.1) is 14.2 Å². The standard InChI is InChI=1S/C14H22N2O4S/c1-19-13-8-7-11(9-14(13)20-2)10-15-21(17,18)16-12-5-3-4-6-12/h7-9,12,15-16H,3-6,10H2,1-2H3. The van der Waals surface area contributed by atoms with Crippen molar-refractivity contribution in [1.82, 2.24) is 9.44 Å². The summed E-state index contributed by atoms with van der Waals surface area (Å²) in [6.45, 7) is 0.211. The average Bonchev–Trinajstić information content (AvgIpc) is 2.97. The molecule has 1 aliphatic rings. The van der Waals surface area contributed by atoms with Crippen molar-refractivity contribution in [2.45, 2.75) is 38.3 Å². The summed E-state index contributed by atoms with van der Waals surface area (Å²) in [5.74, 6) is 1.20. The highest BCUT2D eigenvalue weighted by Crippen LogP contribution is 2.27. The first-order chi connectivity index (χ1) is 10.0. The largest absolute Gasteiger partial charge is 0.493 e. The molecule has 0 aliphatic heterocycles. The molecule has 1 saturated carbocycles. The molecule has 0 bridgehead atoms. The summed E-state index contributed by atoms with van der Waals surface area (Å²) in [6.07, 6.45) is 4.00. The van der Waals surface area contributed by atoms with Gasteiger partial charge in [0.1, 0.15) is 0 Å². The molecule has 0 amide bonds. The van der Waals surface area contributed by atoms with Gasteiger partial charge in [0.25, 0.3) is 10.2 Å². The van der Waals surface area contributed by atoms with E-state index in [1.165, 1.54) is 0 Å². The highest BCUT2D eigenvalue weighted by atomic mass is 32.2. The number of ether oxygens (including phenoxy) is 2. The maximum Gasteiger partial charge on any atom is 0.277 e. The minimum Gasteiger partial charge on any atom is -0.493 e. The third-order valence-electron chi connectivity index (χ3n) is 3.59. The molecule has 0 heterocycles. The third kappa shape index (κ3) is 4.59. The molecule has 1 fully saturated rings. The van der Waals surface area contributed by atoms with Crippen molar-refractivity contribution in [3.8, 4) is 11.5 Å². The van der Waals surface area contributed by atoms with Gasteiger partial charge >= 0.3 is 0 Å². The second-order valence-corrected chi connectivity index (χ2v) is 6.64. The molecule has 21 heavy (non-hydrogen) atoms. The highest BCUT2D eigenvalue weighted by Gasteiger charge is 2.20. The Morgan fingerprint density at radius 1 is 1.14 bits per heavy atom.